The van der Waals surface area contributed by atoms with Crippen LogP contribution in [0.1, 0.15) is 94.9 Å². The maximum absolute atomic E-state index is 14.2. The first-order valence-electron chi connectivity index (χ1n) is 19.1. The number of rotatable bonds is 8. The van der Waals surface area contributed by atoms with Gasteiger partial charge in [-0.15, -0.1) is 0 Å². The molecular formula is C38H67NO13. The molecule has 0 bridgehead atoms. The number of cyclic esters (lactones) is 1. The largest absolute Gasteiger partial charge is 0.459 e. The van der Waals surface area contributed by atoms with E-state index in [-0.39, 0.29) is 37.2 Å². The highest BCUT2D eigenvalue weighted by Gasteiger charge is 2.54. The van der Waals surface area contributed by atoms with Crippen LogP contribution in [0.3, 0.4) is 0 Å². The van der Waals surface area contributed by atoms with Crippen molar-refractivity contribution in [2.75, 3.05) is 27.3 Å². The molecule has 0 radical (unpaired) electrons. The van der Waals surface area contributed by atoms with Gasteiger partial charge in [0.1, 0.15) is 29.7 Å². The molecule has 52 heavy (non-hydrogen) atoms. The van der Waals surface area contributed by atoms with Crippen LogP contribution in [0.5, 0.6) is 0 Å². The van der Waals surface area contributed by atoms with Gasteiger partial charge in [0.25, 0.3) is 0 Å². The minimum atomic E-state index is -1.96. The smallest absolute Gasteiger partial charge is 0.311 e. The average molecular weight is 746 g/mol. The van der Waals surface area contributed by atoms with Gasteiger partial charge in [0.2, 0.25) is 0 Å². The second kappa shape index (κ2) is 16.8. The molecule has 4 heterocycles. The second-order valence-electron chi connectivity index (χ2n) is 16.7. The van der Waals surface area contributed by atoms with Crippen molar-refractivity contribution in [1.82, 2.24) is 4.90 Å². The highest BCUT2D eigenvalue weighted by molar-refractivity contribution is 5.83. The summed E-state index contributed by atoms with van der Waals surface area (Å²) in [5.41, 5.74) is -4.22. The number of nitrogens with zero attached hydrogens (tertiary/aromatic N) is 1. The van der Waals surface area contributed by atoms with Crippen LogP contribution in [0.25, 0.3) is 0 Å². The molecule has 0 aromatic rings. The highest BCUT2D eigenvalue weighted by Crippen LogP contribution is 2.42. The Kier molecular flexibility index (Phi) is 14.1. The standard InChI is InChI=1S/C38H67NO13/c1-13-26-38(10,45)31(42)21(4)28(40)19(2)17-37(9,47-12)33(52-35-29(41)25(39-14-15-39)16-20(3)48-35)22(5)30(23(6)34(44)50-26)51-27-18-36(8,46-11)32(43)24(7)49-27/h19-27,29-33,35,41-43,45H,13-18H2,1-12H3/t19-,20+,21+,22+,23-,24+,25-,26-,27+,29+,30+,31-,32+,33-,35-,36-,37-,38-/m1/s1. The molecule has 4 aliphatic rings. The number of hydrogen-bond donors (Lipinski definition) is 4. The van der Waals surface area contributed by atoms with E-state index in [0.29, 0.717) is 6.42 Å². The number of Topliss-reactive ketones (excluding diaryl/α,β-unsaturated/α-hetero) is 1. The minimum Gasteiger partial charge on any atom is -0.459 e. The zero-order valence-corrected chi connectivity index (χ0v) is 33.3. The Morgan fingerprint density at radius 1 is 0.846 bits per heavy atom. The number of aliphatic hydroxyl groups is 4. The molecule has 0 unspecified atom stereocenters. The first kappa shape index (κ1) is 43.4. The van der Waals surface area contributed by atoms with E-state index in [1.165, 1.54) is 21.1 Å². The highest BCUT2D eigenvalue weighted by atomic mass is 16.7. The summed E-state index contributed by atoms with van der Waals surface area (Å²) in [6, 6.07) is -0.172. The van der Waals surface area contributed by atoms with Gasteiger partial charge in [-0.2, -0.15) is 0 Å². The molecule has 4 aliphatic heterocycles. The molecule has 18 atom stereocenters. The minimum absolute atomic E-state index is 0.123. The van der Waals surface area contributed by atoms with Crippen LogP contribution in [0.2, 0.25) is 0 Å². The zero-order valence-electron chi connectivity index (χ0n) is 33.3. The van der Waals surface area contributed by atoms with Crippen molar-refractivity contribution < 1.29 is 63.2 Å². The predicted octanol–water partition coefficient (Wildman–Crippen LogP) is 2.19. The van der Waals surface area contributed by atoms with E-state index in [0.717, 1.165) is 13.1 Å². The number of carbonyl (C=O) groups is 2. The van der Waals surface area contributed by atoms with Gasteiger partial charge in [-0.05, 0) is 60.8 Å². The van der Waals surface area contributed by atoms with Gasteiger partial charge in [-0.25, -0.2) is 0 Å². The van der Waals surface area contributed by atoms with Crippen LogP contribution in [-0.2, 0) is 42.7 Å². The third-order valence-electron chi connectivity index (χ3n) is 12.6. The van der Waals surface area contributed by atoms with Crippen molar-refractivity contribution in [3.63, 3.8) is 0 Å². The molecule has 0 aliphatic carbocycles. The van der Waals surface area contributed by atoms with Gasteiger partial charge in [0.15, 0.2) is 12.6 Å². The van der Waals surface area contributed by atoms with Gasteiger partial charge in [-0.3, -0.25) is 14.5 Å². The number of carbonyl (C=O) groups excluding carboxylic acids is 2. The summed E-state index contributed by atoms with van der Waals surface area (Å²) < 4.78 is 44.0. The van der Waals surface area contributed by atoms with Gasteiger partial charge in [0.05, 0.1) is 47.6 Å². The number of methoxy groups -OCH3 is 2. The van der Waals surface area contributed by atoms with E-state index < -0.39 is 102 Å². The molecule has 302 valence electrons. The summed E-state index contributed by atoms with van der Waals surface area (Å²) in [7, 11) is 3.02. The lowest BCUT2D eigenvalue weighted by molar-refractivity contribution is -0.318. The van der Waals surface area contributed by atoms with E-state index in [1.807, 2.05) is 20.8 Å². The molecule has 4 saturated heterocycles. The van der Waals surface area contributed by atoms with Gasteiger partial charge in [-0.1, -0.05) is 27.7 Å². The molecule has 4 rings (SSSR count). The first-order valence-corrected chi connectivity index (χ1v) is 19.1. The van der Waals surface area contributed by atoms with Crippen LogP contribution in [-0.4, -0.2) is 149 Å². The molecule has 14 heteroatoms. The van der Waals surface area contributed by atoms with Crippen LogP contribution in [0, 0.1) is 23.7 Å². The third kappa shape index (κ3) is 8.88. The van der Waals surface area contributed by atoms with Crippen molar-refractivity contribution in [1.29, 1.82) is 0 Å². The fraction of sp³-hybridized carbons (Fsp3) is 0.947. The maximum atomic E-state index is 14.2. The average Bonchev–Trinajstić information content (AvgIpc) is 3.95. The van der Waals surface area contributed by atoms with Crippen molar-refractivity contribution in [3.05, 3.63) is 0 Å². The van der Waals surface area contributed by atoms with E-state index in [4.69, 9.17) is 33.2 Å². The fourth-order valence-corrected chi connectivity index (χ4v) is 8.82. The van der Waals surface area contributed by atoms with E-state index in [1.54, 1.807) is 41.5 Å². The topological polar surface area (TPSA) is 183 Å². The molecule has 14 nitrogen and oxygen atoms in total. The van der Waals surface area contributed by atoms with Crippen molar-refractivity contribution in [3.8, 4) is 0 Å². The zero-order chi connectivity index (χ0) is 39.1. The van der Waals surface area contributed by atoms with Gasteiger partial charge in [0, 0.05) is 57.5 Å². The Morgan fingerprint density at radius 2 is 1.46 bits per heavy atom. The number of ether oxygens (including phenoxy) is 7. The Balaban J connectivity index is 1.83. The van der Waals surface area contributed by atoms with Crippen LogP contribution in [0.15, 0.2) is 0 Å². The van der Waals surface area contributed by atoms with Crippen LogP contribution in [0.4, 0.5) is 0 Å². The normalized spacial score (nSPS) is 50.3. The van der Waals surface area contributed by atoms with E-state index >= 15 is 0 Å². The van der Waals surface area contributed by atoms with E-state index in [2.05, 4.69) is 4.90 Å². The quantitative estimate of drug-likeness (QED) is 0.210. The summed E-state index contributed by atoms with van der Waals surface area (Å²) in [5.74, 6) is -4.41. The molecule has 0 saturated carbocycles. The van der Waals surface area contributed by atoms with Crippen molar-refractivity contribution >= 4 is 11.8 Å². The molecule has 4 fully saturated rings. The van der Waals surface area contributed by atoms with Crippen LogP contribution >= 0.6 is 0 Å². The second-order valence-corrected chi connectivity index (χ2v) is 16.7. The lowest BCUT2D eigenvalue weighted by Crippen LogP contribution is -2.61. The first-order chi connectivity index (χ1) is 24.1. The maximum Gasteiger partial charge on any atom is 0.311 e. The van der Waals surface area contributed by atoms with Crippen molar-refractivity contribution in [2.24, 2.45) is 23.7 Å². The number of hydrogen-bond acceptors (Lipinski definition) is 14. The monoisotopic (exact) mass is 745 g/mol. The third-order valence-corrected chi connectivity index (χ3v) is 12.6. The Hall–Kier alpha value is -1.30. The summed E-state index contributed by atoms with van der Waals surface area (Å²) in [6.07, 6.45) is -8.44. The SMILES string of the molecule is CC[C@H]1OC(=O)[C@H](C)[C@@H](O[C@H]2C[C@@](C)(OC)[C@@H](O)[C@H](C)O2)[C@H](C)[C@@H](O[C@H]2O[C@@H](C)C[C@@H](N3CC3)[C@@H]2O)[C@](C)(OC)C[C@@H](C)C(=O)[C@H](C)[C@@H](O)[C@]1(C)O. The Bertz CT molecular complexity index is 1220. The molecule has 0 aromatic heterocycles. The van der Waals surface area contributed by atoms with Gasteiger partial charge < -0.3 is 53.6 Å². The number of aliphatic hydroxyl groups excluding tert-OH is 3. The lowest BCUT2D eigenvalue weighted by atomic mass is 9.74. The molecular weight excluding hydrogens is 678 g/mol. The Morgan fingerprint density at radius 3 is 2.02 bits per heavy atom. The molecule has 0 spiro atoms. The lowest BCUT2D eigenvalue weighted by Gasteiger charge is -2.49. The fourth-order valence-electron chi connectivity index (χ4n) is 8.82. The predicted molar refractivity (Wildman–Crippen MR) is 189 cm³/mol. The van der Waals surface area contributed by atoms with E-state index in [9.17, 15) is 30.0 Å². The van der Waals surface area contributed by atoms with Crippen molar-refractivity contribution in [2.45, 2.75) is 179 Å². The Labute approximate surface area is 309 Å². The number of esters is 1. The van der Waals surface area contributed by atoms with Crippen LogP contribution < -0.4 is 0 Å². The summed E-state index contributed by atoms with van der Waals surface area (Å²) in [5, 5.41) is 45.6. The van der Waals surface area contributed by atoms with Gasteiger partial charge >= 0.3 is 5.97 Å². The summed E-state index contributed by atoms with van der Waals surface area (Å²) in [6.45, 7) is 18.9. The molecule has 0 aromatic carbocycles. The summed E-state index contributed by atoms with van der Waals surface area (Å²) in [4.78, 5) is 30.3. The molecule has 4 N–H and O–H groups in total. The number of ketones is 1. The summed E-state index contributed by atoms with van der Waals surface area (Å²) >= 11 is 0. The molecule has 0 amide bonds.